The minimum absolute atomic E-state index is 0. The van der Waals surface area contributed by atoms with Crippen LogP contribution in [0.25, 0.3) is 4.72 Å². The molecule has 1 aliphatic rings. The second-order valence-corrected chi connectivity index (χ2v) is 12.5. The Morgan fingerprint density at radius 3 is 2.24 bits per heavy atom. The maximum Gasteiger partial charge on any atom is 1.00 e. The minimum atomic E-state index is -3.04. The predicted molar refractivity (Wildman–Crippen MR) is 207 cm³/mol. The Morgan fingerprint density at radius 1 is 1.18 bits per heavy atom. The predicted octanol–water partition coefficient (Wildman–Crippen LogP) is 9.88. The van der Waals surface area contributed by atoms with Crippen molar-refractivity contribution in [1.82, 2.24) is 5.32 Å². The molecule has 1 amide bonds. The van der Waals surface area contributed by atoms with Crippen LogP contribution in [0.3, 0.4) is 0 Å². The molecular weight excluding hydrogens is 834 g/mol. The van der Waals surface area contributed by atoms with Crippen molar-refractivity contribution in [2.24, 2.45) is 10.9 Å². The third-order valence-corrected chi connectivity index (χ3v) is 7.96. The van der Waals surface area contributed by atoms with Crippen LogP contribution in [-0.4, -0.2) is 53.6 Å². The summed E-state index contributed by atoms with van der Waals surface area (Å²) in [7, 11) is -0.328. The number of methoxy groups -OCH3 is 1. The van der Waals surface area contributed by atoms with E-state index in [-0.39, 0.29) is 31.5 Å². The van der Waals surface area contributed by atoms with E-state index in [4.69, 9.17) is 9.47 Å². The summed E-state index contributed by atoms with van der Waals surface area (Å²) in [4.78, 5) is 17.0. The number of hydrogen-bond acceptors (Lipinski definition) is 7. The molecule has 1 aliphatic carbocycles. The number of carbonyl (C=O) groups is 1. The van der Waals surface area contributed by atoms with Crippen molar-refractivity contribution in [3.8, 4) is 5.75 Å². The van der Waals surface area contributed by atoms with Gasteiger partial charge in [-0.2, -0.15) is 7.05 Å². The topological polar surface area (TPSA) is 120 Å². The van der Waals surface area contributed by atoms with E-state index < -0.39 is 21.7 Å². The first-order valence-corrected chi connectivity index (χ1v) is 18.9. The Balaban J connectivity index is -0.00000178. The molecule has 1 aromatic carbocycles. The zero-order valence-corrected chi connectivity index (χ0v) is 35.7. The summed E-state index contributed by atoms with van der Waals surface area (Å²) >= 11 is 0. The van der Waals surface area contributed by atoms with Crippen molar-refractivity contribution in [2.45, 2.75) is 101 Å². The zero-order chi connectivity index (χ0) is 38.2. The fourth-order valence-electron chi connectivity index (χ4n) is 4.35. The molecule has 0 unspecified atom stereocenters. The van der Waals surface area contributed by atoms with E-state index in [9.17, 15) is 17.6 Å². The molecule has 50 heavy (non-hydrogen) atoms. The smallest absolute Gasteiger partial charge is 0.552 e. The molecular formula is C38H62FN4O5OsS. The van der Waals surface area contributed by atoms with Gasteiger partial charge < -0.3 is 24.8 Å². The number of nitrogens with one attached hydrogen (secondary N) is 2. The van der Waals surface area contributed by atoms with Gasteiger partial charge in [0.2, 0.25) is 0 Å². The van der Waals surface area contributed by atoms with Gasteiger partial charge in [-0.05, 0) is 49.8 Å². The van der Waals surface area contributed by atoms with Gasteiger partial charge in [0.05, 0.1) is 34.1 Å². The summed E-state index contributed by atoms with van der Waals surface area (Å²) in [6.07, 6.45) is 13.1. The Labute approximate surface area is 316 Å². The third kappa shape index (κ3) is 20.0. The molecule has 1 aromatic rings. The van der Waals surface area contributed by atoms with Gasteiger partial charge >= 0.3 is 19.8 Å². The largest absolute Gasteiger partial charge is 1.00 e. The molecule has 0 spiro atoms. The van der Waals surface area contributed by atoms with Crippen molar-refractivity contribution in [1.29, 1.82) is 0 Å². The molecule has 1 radical (unpaired) electrons. The molecule has 0 aliphatic heterocycles. The summed E-state index contributed by atoms with van der Waals surface area (Å²) in [6, 6.07) is 2.61. The molecule has 2 rings (SSSR count). The van der Waals surface area contributed by atoms with Crippen LogP contribution >= 0.6 is 0 Å². The minimum Gasteiger partial charge on any atom is -0.552 e. The van der Waals surface area contributed by atoms with Crippen LogP contribution in [0.5, 0.6) is 5.75 Å². The summed E-state index contributed by atoms with van der Waals surface area (Å²) in [6.45, 7) is 26.5. The van der Waals surface area contributed by atoms with E-state index in [2.05, 4.69) is 53.4 Å². The van der Waals surface area contributed by atoms with Gasteiger partial charge in [-0.1, -0.05) is 86.3 Å². The van der Waals surface area contributed by atoms with Gasteiger partial charge in [0.25, 0.3) is 5.91 Å². The summed E-state index contributed by atoms with van der Waals surface area (Å²) in [5, 5.41) is 5.76. The molecule has 1 saturated carbocycles. The number of carbonyl (C=O) groups excluding carboxylic acids is 1. The fraction of sp³-hybridized carbons (Fsp3) is 0.526. The van der Waals surface area contributed by atoms with Crippen LogP contribution in [-0.2, 0) is 34.6 Å². The van der Waals surface area contributed by atoms with Crippen molar-refractivity contribution >= 4 is 27.8 Å². The van der Waals surface area contributed by atoms with Crippen LogP contribution in [0.2, 0.25) is 0 Å². The van der Waals surface area contributed by atoms with E-state index in [1.165, 1.54) is 37.4 Å². The van der Waals surface area contributed by atoms with Crippen LogP contribution < -0.4 is 15.4 Å². The Hall–Kier alpha value is -3.06. The van der Waals surface area contributed by atoms with E-state index in [0.717, 1.165) is 49.7 Å². The number of aliphatic imine (C=N–C) groups is 1. The average molecular weight is 896 g/mol. The number of hydrogen-bond donors (Lipinski definition) is 2. The van der Waals surface area contributed by atoms with Crippen molar-refractivity contribution < 1.29 is 46.9 Å². The van der Waals surface area contributed by atoms with Crippen molar-refractivity contribution in [3.05, 3.63) is 87.9 Å². The number of sulfonamides is 1. The average Bonchev–Trinajstić information content (AvgIpc) is 3.47. The maximum atomic E-state index is 14.9. The summed E-state index contributed by atoms with van der Waals surface area (Å²) < 4.78 is 49.2. The van der Waals surface area contributed by atoms with Crippen LogP contribution in [0, 0.1) is 11.7 Å². The van der Waals surface area contributed by atoms with Crippen molar-refractivity contribution in [3.63, 3.8) is 0 Å². The SMILES string of the molecule is C=C/C=C1/C[C@H](O/C(C)=C(/C=N\C(=C)Nc2cc(F)c(C(=O)NCC[C@H](C)CC)cc2OC)CC)C/C1=C/C.CC.CC.C[N-]S(C)(=O)=O.[Os+]. The third-order valence-electron chi connectivity index (χ3n) is 7.29. The molecule has 0 bridgehead atoms. The monoisotopic (exact) mass is 897 g/mol. The molecule has 0 aromatic heterocycles. The van der Waals surface area contributed by atoms with E-state index in [0.29, 0.717) is 29.7 Å². The molecule has 12 heteroatoms. The molecule has 2 atom stereocenters. The number of rotatable bonds is 15. The molecule has 285 valence electrons. The van der Waals surface area contributed by atoms with Gasteiger partial charge in [-0.15, -0.1) is 0 Å². The maximum absolute atomic E-state index is 14.9. The molecule has 1 fully saturated rings. The zero-order valence-electron chi connectivity index (χ0n) is 32.4. The normalized spacial score (nSPS) is 16.2. The van der Waals surface area contributed by atoms with Gasteiger partial charge in [-0.25, -0.2) is 17.8 Å². The summed E-state index contributed by atoms with van der Waals surface area (Å²) in [5.74, 6) is 0.780. The number of allylic oxidation sites excluding steroid dienone is 5. The van der Waals surface area contributed by atoms with E-state index in [1.807, 2.05) is 60.6 Å². The Morgan fingerprint density at radius 2 is 1.76 bits per heavy atom. The number of halogens is 1. The van der Waals surface area contributed by atoms with Crippen LogP contribution in [0.4, 0.5) is 10.1 Å². The van der Waals surface area contributed by atoms with Gasteiger partial charge in [0.15, 0.2) is 0 Å². The van der Waals surface area contributed by atoms with Gasteiger partial charge in [-0.3, -0.25) is 4.79 Å². The number of benzene rings is 1. The van der Waals surface area contributed by atoms with E-state index >= 15 is 0 Å². The number of nitrogens with zero attached hydrogens (tertiary/aromatic N) is 2. The summed E-state index contributed by atoms with van der Waals surface area (Å²) in [5.41, 5.74) is 3.73. The van der Waals surface area contributed by atoms with Crippen LogP contribution in [0.1, 0.15) is 105 Å². The van der Waals surface area contributed by atoms with Gasteiger partial charge in [0, 0.05) is 43.5 Å². The first-order valence-electron chi connectivity index (χ1n) is 17.0. The first kappa shape index (κ1) is 51.3. The number of ether oxygens (including phenoxy) is 2. The Bertz CT molecular complexity index is 1420. The quantitative estimate of drug-likeness (QED) is 0.134. The molecule has 9 nitrogen and oxygen atoms in total. The first-order chi connectivity index (χ1) is 23.2. The van der Waals surface area contributed by atoms with E-state index in [1.54, 1.807) is 6.21 Å². The van der Waals surface area contributed by atoms with Crippen molar-refractivity contribution in [2.75, 3.05) is 32.3 Å². The number of anilines is 1. The molecule has 0 heterocycles. The van der Waals surface area contributed by atoms with Crippen LogP contribution in [0.15, 0.2) is 76.8 Å². The standard InChI is InChI=1S/C32H44FN3O3.C2H6NO2S.2C2H6.Os/c1-9-13-26-17-27(16-24(26)11-3)39-22(6)25(12-4)20-35-23(7)36-30-19-29(33)28(18-31(30)38-8)32(37)34-15-14-21(5)10-2;1-3-6(2,4)5;2*1-2;/h9,11,13,18-21,27,36H,1,7,10,12,14-17H2,2-6,8H3,(H,34,37);1-2H3;2*1-2H3;/q;-1;;;+1/b24-11-,25-22+,26-13-,35-20-;;;;/t21-,27-;;;;/m1..../s1. The molecule has 0 saturated heterocycles. The molecule has 2 N–H and O–H groups in total. The fourth-order valence-corrected chi connectivity index (χ4v) is 4.35. The Kier molecular flexibility index (Phi) is 29.4. The van der Waals surface area contributed by atoms with Gasteiger partial charge in [0.1, 0.15) is 23.5 Å². The second kappa shape index (κ2) is 28.6. The second-order valence-electron chi connectivity index (χ2n) is 10.7. The number of amides is 1.